The zero-order valence-corrected chi connectivity index (χ0v) is 12.4. The maximum absolute atomic E-state index is 11.0. The summed E-state index contributed by atoms with van der Waals surface area (Å²) < 4.78 is 0. The number of nitrogens with one attached hydrogen (secondary N) is 1. The van der Waals surface area contributed by atoms with E-state index in [1.807, 2.05) is 18.2 Å². The fourth-order valence-electron chi connectivity index (χ4n) is 2.82. The molecule has 1 aromatic carbocycles. The third-order valence-electron chi connectivity index (χ3n) is 3.88. The number of aliphatic carboxylic acids is 1. The smallest absolute Gasteiger partial charge is 0.320 e. The third-order valence-corrected chi connectivity index (χ3v) is 4.12. The highest BCUT2D eigenvalue weighted by atomic mass is 35.5. The number of likely N-dealkylation sites (tertiary alicyclic amines) is 1. The number of carboxylic acids is 1. The molecule has 2 N–H and O–H groups in total. The number of hydrogen-bond acceptors (Lipinski definition) is 3. The van der Waals surface area contributed by atoms with Gasteiger partial charge in [0.25, 0.3) is 0 Å². The van der Waals surface area contributed by atoms with Gasteiger partial charge in [-0.15, -0.1) is 0 Å². The van der Waals surface area contributed by atoms with Crippen molar-refractivity contribution in [3.8, 4) is 0 Å². The molecule has 4 nitrogen and oxygen atoms in total. The highest BCUT2D eigenvalue weighted by molar-refractivity contribution is 6.30. The first-order chi connectivity index (χ1) is 9.58. The van der Waals surface area contributed by atoms with Gasteiger partial charge in [-0.3, -0.25) is 9.69 Å². The number of hydrogen-bond donors (Lipinski definition) is 2. The fourth-order valence-corrected chi connectivity index (χ4v) is 3.03. The van der Waals surface area contributed by atoms with Crippen LogP contribution in [0.15, 0.2) is 24.3 Å². The molecule has 20 heavy (non-hydrogen) atoms. The molecular weight excluding hydrogens is 276 g/mol. The summed E-state index contributed by atoms with van der Waals surface area (Å²) in [6.07, 6.45) is 1.75. The number of benzene rings is 1. The third kappa shape index (κ3) is 4.20. The topological polar surface area (TPSA) is 52.6 Å². The molecule has 1 aromatic rings. The van der Waals surface area contributed by atoms with Crippen LogP contribution in [0.3, 0.4) is 0 Å². The molecule has 1 saturated heterocycles. The zero-order valence-electron chi connectivity index (χ0n) is 11.7. The number of rotatable bonds is 6. The van der Waals surface area contributed by atoms with Crippen LogP contribution in [-0.2, 0) is 11.3 Å². The molecule has 2 unspecified atom stereocenters. The number of likely N-dealkylation sites (N-methyl/N-ethyl adjacent to an activating group) is 1. The Labute approximate surface area is 124 Å². The summed E-state index contributed by atoms with van der Waals surface area (Å²) in [5.74, 6) is -0.316. The molecule has 0 saturated carbocycles. The molecule has 1 heterocycles. The van der Waals surface area contributed by atoms with Gasteiger partial charge in [-0.2, -0.15) is 0 Å². The van der Waals surface area contributed by atoms with E-state index in [0.29, 0.717) is 12.3 Å². The molecule has 2 atom stereocenters. The summed E-state index contributed by atoms with van der Waals surface area (Å²) in [5.41, 5.74) is 1.21. The van der Waals surface area contributed by atoms with E-state index in [2.05, 4.69) is 16.3 Å². The lowest BCUT2D eigenvalue weighted by Crippen LogP contribution is -2.36. The number of nitrogens with zero attached hydrogens (tertiary/aromatic N) is 1. The maximum atomic E-state index is 11.0. The summed E-state index contributed by atoms with van der Waals surface area (Å²) in [5, 5.41) is 12.7. The van der Waals surface area contributed by atoms with Gasteiger partial charge >= 0.3 is 5.97 Å². The minimum Gasteiger partial charge on any atom is -0.480 e. The predicted molar refractivity (Wildman–Crippen MR) is 79.9 cm³/mol. The van der Waals surface area contributed by atoms with Gasteiger partial charge in [0.15, 0.2) is 0 Å². The van der Waals surface area contributed by atoms with Crippen molar-refractivity contribution in [1.82, 2.24) is 10.2 Å². The Morgan fingerprint density at radius 3 is 3.05 bits per heavy atom. The number of halogens is 1. The first-order valence-corrected chi connectivity index (χ1v) is 7.33. The SMILES string of the molecule is CNC(CC1CCN(Cc2cccc(Cl)c2)C1)C(=O)O. The van der Waals surface area contributed by atoms with E-state index in [0.717, 1.165) is 31.1 Å². The summed E-state index contributed by atoms with van der Waals surface area (Å²) in [4.78, 5) is 13.4. The van der Waals surface area contributed by atoms with Crippen LogP contribution in [0.1, 0.15) is 18.4 Å². The highest BCUT2D eigenvalue weighted by Gasteiger charge is 2.27. The minimum atomic E-state index is -0.763. The highest BCUT2D eigenvalue weighted by Crippen LogP contribution is 2.23. The van der Waals surface area contributed by atoms with Crippen molar-refractivity contribution in [2.24, 2.45) is 5.92 Å². The first-order valence-electron chi connectivity index (χ1n) is 6.95. The van der Waals surface area contributed by atoms with Crippen LogP contribution in [0.4, 0.5) is 0 Å². The van der Waals surface area contributed by atoms with Crippen LogP contribution >= 0.6 is 11.6 Å². The molecule has 0 aliphatic carbocycles. The second-order valence-electron chi connectivity index (χ2n) is 5.43. The average Bonchev–Trinajstić information content (AvgIpc) is 2.83. The molecule has 0 bridgehead atoms. The van der Waals surface area contributed by atoms with Crippen LogP contribution in [0.5, 0.6) is 0 Å². The van der Waals surface area contributed by atoms with Crippen LogP contribution in [0, 0.1) is 5.92 Å². The lowest BCUT2D eigenvalue weighted by Gasteiger charge is -2.18. The van der Waals surface area contributed by atoms with Crippen molar-refractivity contribution in [3.63, 3.8) is 0 Å². The van der Waals surface area contributed by atoms with Gasteiger partial charge in [-0.1, -0.05) is 23.7 Å². The molecule has 0 spiro atoms. The molecule has 5 heteroatoms. The van der Waals surface area contributed by atoms with Crippen molar-refractivity contribution in [2.75, 3.05) is 20.1 Å². The zero-order chi connectivity index (χ0) is 14.5. The summed E-state index contributed by atoms with van der Waals surface area (Å²) in [6.45, 7) is 2.86. The largest absolute Gasteiger partial charge is 0.480 e. The second-order valence-corrected chi connectivity index (χ2v) is 5.87. The monoisotopic (exact) mass is 296 g/mol. The van der Waals surface area contributed by atoms with E-state index in [1.54, 1.807) is 7.05 Å². The quantitative estimate of drug-likeness (QED) is 0.845. The molecule has 1 aliphatic heterocycles. The Kier molecular flexibility index (Phi) is 5.40. The molecular formula is C15H21ClN2O2. The van der Waals surface area contributed by atoms with Gasteiger partial charge < -0.3 is 10.4 Å². The summed E-state index contributed by atoms with van der Waals surface area (Å²) >= 11 is 5.99. The van der Waals surface area contributed by atoms with Crippen LogP contribution in [0.2, 0.25) is 5.02 Å². The van der Waals surface area contributed by atoms with Gasteiger partial charge in [-0.05, 0) is 50.0 Å². The lowest BCUT2D eigenvalue weighted by atomic mass is 9.99. The minimum absolute atomic E-state index is 0.439. The van der Waals surface area contributed by atoms with Gasteiger partial charge in [-0.25, -0.2) is 0 Å². The Bertz CT molecular complexity index is 467. The molecule has 1 fully saturated rings. The molecule has 110 valence electrons. The number of carboxylic acid groups (broad SMARTS) is 1. The lowest BCUT2D eigenvalue weighted by molar-refractivity contribution is -0.139. The Balaban J connectivity index is 1.84. The van der Waals surface area contributed by atoms with E-state index in [-0.39, 0.29) is 0 Å². The normalized spacial score (nSPS) is 21.0. The van der Waals surface area contributed by atoms with Crippen molar-refractivity contribution >= 4 is 17.6 Å². The Hall–Kier alpha value is -1.10. The van der Waals surface area contributed by atoms with E-state index in [1.165, 1.54) is 5.56 Å². The standard InChI is InChI=1S/C15H21ClN2O2/c1-17-14(15(19)20)8-12-5-6-18(10-12)9-11-3-2-4-13(16)7-11/h2-4,7,12,14,17H,5-6,8-10H2,1H3,(H,19,20). The maximum Gasteiger partial charge on any atom is 0.320 e. The number of carbonyl (C=O) groups is 1. The van der Waals surface area contributed by atoms with E-state index in [4.69, 9.17) is 16.7 Å². The van der Waals surface area contributed by atoms with E-state index >= 15 is 0 Å². The van der Waals surface area contributed by atoms with Crippen molar-refractivity contribution < 1.29 is 9.90 Å². The van der Waals surface area contributed by atoms with Crippen molar-refractivity contribution in [3.05, 3.63) is 34.9 Å². The predicted octanol–water partition coefficient (Wildman–Crippen LogP) is 2.22. The Morgan fingerprint density at radius 2 is 2.40 bits per heavy atom. The summed E-state index contributed by atoms with van der Waals surface area (Å²) in [6, 6.07) is 7.47. The van der Waals surface area contributed by atoms with E-state index in [9.17, 15) is 4.79 Å². The van der Waals surface area contributed by atoms with Gasteiger partial charge in [0.2, 0.25) is 0 Å². The average molecular weight is 297 g/mol. The first kappa shape index (κ1) is 15.3. The fraction of sp³-hybridized carbons (Fsp3) is 0.533. The van der Waals surface area contributed by atoms with Crippen LogP contribution in [-0.4, -0.2) is 42.2 Å². The van der Waals surface area contributed by atoms with Gasteiger partial charge in [0.1, 0.15) is 6.04 Å². The Morgan fingerprint density at radius 1 is 1.60 bits per heavy atom. The second kappa shape index (κ2) is 7.07. The molecule has 2 rings (SSSR count). The molecule has 0 aromatic heterocycles. The summed E-state index contributed by atoms with van der Waals surface area (Å²) in [7, 11) is 1.71. The molecule has 1 aliphatic rings. The molecule has 0 amide bonds. The van der Waals surface area contributed by atoms with Crippen LogP contribution < -0.4 is 5.32 Å². The van der Waals surface area contributed by atoms with Crippen molar-refractivity contribution in [2.45, 2.75) is 25.4 Å². The van der Waals surface area contributed by atoms with Gasteiger partial charge in [0.05, 0.1) is 0 Å². The van der Waals surface area contributed by atoms with E-state index < -0.39 is 12.0 Å². The van der Waals surface area contributed by atoms with Crippen LogP contribution in [0.25, 0.3) is 0 Å². The van der Waals surface area contributed by atoms with Gasteiger partial charge in [0, 0.05) is 18.1 Å². The molecule has 0 radical (unpaired) electrons. The van der Waals surface area contributed by atoms with Crippen molar-refractivity contribution in [1.29, 1.82) is 0 Å².